The van der Waals surface area contributed by atoms with Gasteiger partial charge in [0.1, 0.15) is 5.70 Å². The van der Waals surface area contributed by atoms with Crippen LogP contribution in [-0.2, 0) is 16.0 Å². The predicted molar refractivity (Wildman–Crippen MR) is 52.1 cm³/mol. The maximum absolute atomic E-state index is 12.4. The Labute approximate surface area is 91.9 Å². The zero-order valence-electron chi connectivity index (χ0n) is 7.40. The van der Waals surface area contributed by atoms with Crippen molar-refractivity contribution < 1.29 is 17.9 Å². The summed E-state index contributed by atoms with van der Waals surface area (Å²) >= 11 is 3.38. The molecule has 2 aliphatic heterocycles. The van der Waals surface area contributed by atoms with Gasteiger partial charge in [-0.3, -0.25) is 0 Å². The van der Waals surface area contributed by atoms with Crippen molar-refractivity contribution >= 4 is 28.0 Å². The summed E-state index contributed by atoms with van der Waals surface area (Å²) in [5, 5.41) is -0.191. The number of alkyl halides is 3. The quantitative estimate of drug-likeness (QED) is 0.677. The summed E-state index contributed by atoms with van der Waals surface area (Å²) in [6.45, 7) is 0.464. The van der Waals surface area contributed by atoms with E-state index in [9.17, 15) is 13.2 Å². The van der Waals surface area contributed by atoms with Gasteiger partial charge in [-0.2, -0.15) is 4.72 Å². The molecule has 1 N–H and O–H groups in total. The lowest BCUT2D eigenvalue weighted by Gasteiger charge is -2.22. The number of hydrogen-bond acceptors (Lipinski definition) is 3. The summed E-state index contributed by atoms with van der Waals surface area (Å²) in [4.78, 5) is 0. The van der Waals surface area contributed by atoms with Crippen molar-refractivity contribution in [2.75, 3.05) is 6.61 Å². The van der Waals surface area contributed by atoms with Gasteiger partial charge in [-0.15, -0.1) is 13.2 Å². The van der Waals surface area contributed by atoms with E-state index >= 15 is 0 Å². The van der Waals surface area contributed by atoms with E-state index in [0.717, 1.165) is 0 Å². The van der Waals surface area contributed by atoms with Gasteiger partial charge < -0.3 is 4.74 Å². The third kappa shape index (κ3) is 2.17. The first kappa shape index (κ1) is 10.9. The Bertz CT molecular complexity index is 342. The Morgan fingerprint density at radius 2 is 2.20 bits per heavy atom. The van der Waals surface area contributed by atoms with Crippen LogP contribution in [0.25, 0.3) is 0 Å². The first-order valence-electron chi connectivity index (χ1n) is 4.17. The highest BCUT2D eigenvalue weighted by atomic mass is 35.5. The standard InChI is InChI=1S/C7H6ClF3N2OS/c8-6-5-4(2-1-3-14-5)12-15(13-6)7(9,10)11/h1-3H2/p+1. The summed E-state index contributed by atoms with van der Waals surface area (Å²) in [5.41, 5.74) is -4.00. The van der Waals surface area contributed by atoms with Gasteiger partial charge in [-0.25, -0.2) is 0 Å². The maximum atomic E-state index is 12.4. The van der Waals surface area contributed by atoms with E-state index in [1.165, 1.54) is 0 Å². The molecule has 0 amide bonds. The highest BCUT2D eigenvalue weighted by Gasteiger charge is 2.57. The van der Waals surface area contributed by atoms with Crippen LogP contribution in [0, 0.1) is 0 Å². The predicted octanol–water partition coefficient (Wildman–Crippen LogP) is 2.22. The second-order valence-corrected chi connectivity index (χ2v) is 4.75. The normalized spacial score (nSPS) is 26.4. The highest BCUT2D eigenvalue weighted by Crippen LogP contribution is 2.33. The van der Waals surface area contributed by atoms with Gasteiger partial charge in [0.25, 0.3) is 0 Å². The lowest BCUT2D eigenvalue weighted by Crippen LogP contribution is -2.40. The van der Waals surface area contributed by atoms with Crippen LogP contribution in [0.3, 0.4) is 0 Å². The minimum Gasteiger partial charge on any atom is -0.488 e. The third-order valence-electron chi connectivity index (χ3n) is 1.89. The molecule has 0 aliphatic carbocycles. The number of ether oxygens (including phenoxy) is 1. The molecular formula is C7H7ClF3N2OS+. The van der Waals surface area contributed by atoms with E-state index < -0.39 is 16.8 Å². The second-order valence-electron chi connectivity index (χ2n) is 2.97. The van der Waals surface area contributed by atoms with E-state index in [-0.39, 0.29) is 10.9 Å². The molecule has 0 saturated heterocycles. The molecule has 2 heterocycles. The summed E-state index contributed by atoms with van der Waals surface area (Å²) in [6.07, 6.45) is 1.20. The van der Waals surface area contributed by atoms with Gasteiger partial charge in [0.05, 0.1) is 6.61 Å². The second kappa shape index (κ2) is 3.79. The zero-order chi connectivity index (χ0) is 11.1. The molecule has 0 bridgehead atoms. The minimum absolute atomic E-state index is 0.191. The van der Waals surface area contributed by atoms with E-state index in [0.29, 0.717) is 25.1 Å². The Balaban J connectivity index is 2.25. The summed E-state index contributed by atoms with van der Waals surface area (Å²) in [6, 6.07) is 0. The molecule has 0 radical (unpaired) electrons. The van der Waals surface area contributed by atoms with Gasteiger partial charge in [0.15, 0.2) is 5.76 Å². The van der Waals surface area contributed by atoms with Crippen LogP contribution in [0.4, 0.5) is 13.2 Å². The average Bonchev–Trinajstić information content (AvgIpc) is 2.16. The average molecular weight is 260 g/mol. The molecule has 8 heteroatoms. The molecule has 15 heavy (non-hydrogen) atoms. The lowest BCUT2D eigenvalue weighted by atomic mass is 10.2. The fraction of sp³-hybridized carbons (Fsp3) is 0.571. The van der Waals surface area contributed by atoms with Crippen molar-refractivity contribution in [3.05, 3.63) is 11.5 Å². The molecule has 0 aromatic rings. The van der Waals surface area contributed by atoms with E-state index in [1.54, 1.807) is 0 Å². The Hall–Kier alpha value is -0.560. The van der Waals surface area contributed by atoms with Crippen molar-refractivity contribution in [3.63, 3.8) is 0 Å². The van der Waals surface area contributed by atoms with Crippen LogP contribution < -0.4 is 4.72 Å². The first-order valence-corrected chi connectivity index (χ1v) is 5.73. The molecule has 2 aliphatic rings. The van der Waals surface area contributed by atoms with Crippen molar-refractivity contribution in [1.29, 1.82) is 0 Å². The van der Waals surface area contributed by atoms with Crippen LogP contribution in [0.5, 0.6) is 0 Å². The molecule has 1 atom stereocenters. The van der Waals surface area contributed by atoms with Gasteiger partial charge in [0, 0.05) is 0 Å². The van der Waals surface area contributed by atoms with Crippen LogP contribution >= 0.6 is 11.6 Å². The molecule has 0 saturated carbocycles. The minimum atomic E-state index is -4.41. The SMILES string of the molecule is FC(F)(F)[S+]1N=C(Cl)C2=C(CCCO2)N1. The molecule has 1 unspecified atom stereocenters. The fourth-order valence-electron chi connectivity index (χ4n) is 1.28. The molecule has 84 valence electrons. The molecule has 2 rings (SSSR count). The number of halogens is 4. The molecule has 0 aromatic heterocycles. The monoisotopic (exact) mass is 259 g/mol. The van der Waals surface area contributed by atoms with Crippen molar-refractivity contribution in [3.8, 4) is 0 Å². The molecule has 3 nitrogen and oxygen atoms in total. The van der Waals surface area contributed by atoms with Crippen molar-refractivity contribution in [2.45, 2.75) is 18.3 Å². The number of rotatable bonds is 0. The summed E-state index contributed by atoms with van der Waals surface area (Å²) in [7, 11) is 0. The van der Waals surface area contributed by atoms with Crippen LogP contribution in [0.1, 0.15) is 12.8 Å². The Kier molecular flexibility index (Phi) is 2.76. The number of allylic oxidation sites excluding steroid dienone is 2. The van der Waals surface area contributed by atoms with E-state index in [4.69, 9.17) is 16.3 Å². The van der Waals surface area contributed by atoms with Crippen LogP contribution in [0.2, 0.25) is 0 Å². The first-order chi connectivity index (χ1) is 6.98. The number of hydrogen-bond donors (Lipinski definition) is 1. The van der Waals surface area contributed by atoms with Gasteiger partial charge in [0.2, 0.25) is 5.17 Å². The highest BCUT2D eigenvalue weighted by molar-refractivity contribution is 7.95. The smallest absolute Gasteiger partial charge is 0.488 e. The molecule has 0 spiro atoms. The third-order valence-corrected chi connectivity index (χ3v) is 3.49. The van der Waals surface area contributed by atoms with Crippen molar-refractivity contribution in [2.24, 2.45) is 4.40 Å². The number of nitrogens with one attached hydrogen (secondary N) is 1. The maximum Gasteiger partial charge on any atom is 0.629 e. The summed E-state index contributed by atoms with van der Waals surface area (Å²) in [5.74, 6) is 0.260. The van der Waals surface area contributed by atoms with Crippen LogP contribution in [-0.4, -0.2) is 17.3 Å². The van der Waals surface area contributed by atoms with E-state index in [2.05, 4.69) is 9.12 Å². The fourth-order valence-corrected chi connectivity index (χ4v) is 2.59. The van der Waals surface area contributed by atoms with Crippen molar-refractivity contribution in [1.82, 2.24) is 4.72 Å². The molecular weight excluding hydrogens is 253 g/mol. The van der Waals surface area contributed by atoms with E-state index in [1.807, 2.05) is 0 Å². The van der Waals surface area contributed by atoms with Gasteiger partial charge in [-0.1, -0.05) is 11.6 Å². The van der Waals surface area contributed by atoms with Crippen LogP contribution in [0.15, 0.2) is 15.9 Å². The number of nitrogens with zero attached hydrogens (tertiary/aromatic N) is 1. The Morgan fingerprint density at radius 1 is 1.47 bits per heavy atom. The topological polar surface area (TPSA) is 33.6 Å². The summed E-state index contributed by atoms with van der Waals surface area (Å²) < 4.78 is 48.0. The van der Waals surface area contributed by atoms with Gasteiger partial charge >= 0.3 is 16.8 Å². The van der Waals surface area contributed by atoms with Gasteiger partial charge in [-0.05, 0) is 17.2 Å². The molecule has 0 fully saturated rings. The zero-order valence-corrected chi connectivity index (χ0v) is 8.97. The largest absolute Gasteiger partial charge is 0.629 e. The Morgan fingerprint density at radius 3 is 2.87 bits per heavy atom. The molecule has 0 aromatic carbocycles. The lowest BCUT2D eigenvalue weighted by molar-refractivity contribution is -0.0378.